The Morgan fingerprint density at radius 3 is 2.85 bits per heavy atom. The summed E-state index contributed by atoms with van der Waals surface area (Å²) in [4.78, 5) is 27.1. The molecule has 1 fully saturated rings. The minimum Gasteiger partial charge on any atom is -0.446 e. The van der Waals surface area contributed by atoms with Gasteiger partial charge in [0, 0.05) is 35.6 Å². The molecule has 27 heavy (non-hydrogen) atoms. The van der Waals surface area contributed by atoms with E-state index in [1.165, 1.54) is 0 Å². The van der Waals surface area contributed by atoms with Gasteiger partial charge in [0.1, 0.15) is 6.10 Å². The van der Waals surface area contributed by atoms with Gasteiger partial charge in [0.05, 0.1) is 5.56 Å². The molecule has 8 heteroatoms. The van der Waals surface area contributed by atoms with Crippen molar-refractivity contribution in [1.82, 2.24) is 20.5 Å². The number of alkyl carbamates (subject to hydrolysis) is 1. The molecule has 2 amide bonds. The molecule has 2 aromatic heterocycles. The van der Waals surface area contributed by atoms with Crippen molar-refractivity contribution in [2.24, 2.45) is 0 Å². The van der Waals surface area contributed by atoms with Gasteiger partial charge in [0.2, 0.25) is 0 Å². The van der Waals surface area contributed by atoms with Gasteiger partial charge < -0.3 is 20.4 Å². The Labute approximate surface area is 158 Å². The van der Waals surface area contributed by atoms with E-state index in [1.54, 1.807) is 6.20 Å². The van der Waals surface area contributed by atoms with E-state index in [4.69, 9.17) is 4.74 Å². The molecule has 0 bridgehead atoms. The summed E-state index contributed by atoms with van der Waals surface area (Å²) < 4.78 is 5.46. The number of amides is 2. The molecule has 1 aliphatic carbocycles. The van der Waals surface area contributed by atoms with Gasteiger partial charge in [-0.2, -0.15) is 5.10 Å². The van der Waals surface area contributed by atoms with Crippen molar-refractivity contribution < 1.29 is 14.3 Å². The molecule has 2 atom stereocenters. The first-order chi connectivity index (χ1) is 12.9. The lowest BCUT2D eigenvalue weighted by atomic mass is 10.0. The molecule has 2 heterocycles. The van der Waals surface area contributed by atoms with Crippen LogP contribution in [0.15, 0.2) is 18.3 Å². The van der Waals surface area contributed by atoms with Crippen molar-refractivity contribution in [3.8, 4) is 0 Å². The number of hydrogen-bond acceptors (Lipinski definition) is 4. The molecule has 3 rings (SSSR count). The highest BCUT2D eigenvalue weighted by molar-refractivity contribution is 6.03. The fraction of sp³-hybridized carbons (Fsp3) is 0.526. The maximum absolute atomic E-state index is 12.3. The summed E-state index contributed by atoms with van der Waals surface area (Å²) in [6, 6.07) is 3.75. The van der Waals surface area contributed by atoms with E-state index in [9.17, 15) is 9.59 Å². The van der Waals surface area contributed by atoms with Gasteiger partial charge in [-0.25, -0.2) is 4.79 Å². The third kappa shape index (κ3) is 4.90. The van der Waals surface area contributed by atoms with Crippen molar-refractivity contribution >= 4 is 17.8 Å². The Kier molecular flexibility index (Phi) is 5.83. The Balaban J connectivity index is 1.53. The van der Waals surface area contributed by atoms with Gasteiger partial charge in [-0.1, -0.05) is 6.92 Å². The third-order valence-corrected chi connectivity index (χ3v) is 4.73. The van der Waals surface area contributed by atoms with Crippen LogP contribution in [0.3, 0.4) is 0 Å². The van der Waals surface area contributed by atoms with Gasteiger partial charge in [-0.05, 0) is 45.6 Å². The molecule has 2 unspecified atom stereocenters. The fourth-order valence-electron chi connectivity index (χ4n) is 3.33. The highest BCUT2D eigenvalue weighted by Crippen LogP contribution is 2.35. The number of carbonyl (C=O) groups is 2. The van der Waals surface area contributed by atoms with E-state index < -0.39 is 0 Å². The van der Waals surface area contributed by atoms with Crippen molar-refractivity contribution in [3.05, 3.63) is 35.3 Å². The number of rotatable bonds is 6. The van der Waals surface area contributed by atoms with E-state index in [0.29, 0.717) is 11.4 Å². The smallest absolute Gasteiger partial charge is 0.407 e. The fourth-order valence-corrected chi connectivity index (χ4v) is 3.33. The Morgan fingerprint density at radius 2 is 2.15 bits per heavy atom. The van der Waals surface area contributed by atoms with Crippen LogP contribution in [-0.4, -0.2) is 39.3 Å². The first-order valence-corrected chi connectivity index (χ1v) is 9.45. The lowest BCUT2D eigenvalue weighted by Crippen LogP contribution is -2.33. The Morgan fingerprint density at radius 1 is 1.33 bits per heavy atom. The second kappa shape index (κ2) is 8.28. The van der Waals surface area contributed by atoms with Crippen LogP contribution in [0.25, 0.3) is 0 Å². The summed E-state index contributed by atoms with van der Waals surface area (Å²) in [6.07, 6.45) is 4.56. The van der Waals surface area contributed by atoms with Gasteiger partial charge in [0.25, 0.3) is 5.91 Å². The molecule has 0 radical (unpaired) electrons. The average molecular weight is 373 g/mol. The van der Waals surface area contributed by atoms with E-state index in [2.05, 4.69) is 25.8 Å². The molecule has 8 nitrogen and oxygen atoms in total. The van der Waals surface area contributed by atoms with Crippen LogP contribution in [0, 0.1) is 0 Å². The zero-order valence-corrected chi connectivity index (χ0v) is 16.0. The second-order valence-corrected chi connectivity index (χ2v) is 7.27. The molecule has 4 N–H and O–H groups in total. The Hall–Kier alpha value is -2.77. The number of ether oxygens (including phenoxy) is 1. The van der Waals surface area contributed by atoms with Crippen molar-refractivity contribution in [1.29, 1.82) is 0 Å². The normalized spacial score (nSPS) is 19.3. The average Bonchev–Trinajstić information content (AvgIpc) is 3.34. The van der Waals surface area contributed by atoms with Crippen LogP contribution in [0.5, 0.6) is 0 Å². The van der Waals surface area contributed by atoms with E-state index in [0.717, 1.165) is 37.1 Å². The van der Waals surface area contributed by atoms with Gasteiger partial charge in [0.15, 0.2) is 5.82 Å². The van der Waals surface area contributed by atoms with Crippen molar-refractivity contribution in [2.45, 2.75) is 64.5 Å². The summed E-state index contributed by atoms with van der Waals surface area (Å²) >= 11 is 0. The number of carbonyl (C=O) groups excluding carboxylic acids is 2. The number of hydrogen-bond donors (Lipinski definition) is 4. The number of aromatic nitrogens is 3. The predicted molar refractivity (Wildman–Crippen MR) is 102 cm³/mol. The minimum absolute atomic E-state index is 0.0573. The third-order valence-electron chi connectivity index (χ3n) is 4.73. The van der Waals surface area contributed by atoms with Crippen LogP contribution in [-0.2, 0) is 11.2 Å². The maximum atomic E-state index is 12.3. The zero-order chi connectivity index (χ0) is 19.4. The number of anilines is 1. The SMILES string of the molecule is CCc1cc(C(=O)Nc2cc(C3CCC(OC(=O)NC(C)C)C3)[nH]n2)c[nH]1. The first-order valence-electron chi connectivity index (χ1n) is 9.45. The highest BCUT2D eigenvalue weighted by Gasteiger charge is 2.30. The Bertz CT molecular complexity index is 795. The number of H-pyrrole nitrogens is 2. The zero-order valence-electron chi connectivity index (χ0n) is 16.0. The summed E-state index contributed by atoms with van der Waals surface area (Å²) in [5, 5.41) is 12.7. The van der Waals surface area contributed by atoms with E-state index >= 15 is 0 Å². The molecule has 1 saturated carbocycles. The van der Waals surface area contributed by atoms with Crippen LogP contribution in [0.1, 0.15) is 67.7 Å². The number of nitrogens with zero attached hydrogens (tertiary/aromatic N) is 1. The van der Waals surface area contributed by atoms with Crippen LogP contribution in [0.2, 0.25) is 0 Å². The summed E-state index contributed by atoms with van der Waals surface area (Å²) in [6.45, 7) is 5.82. The monoisotopic (exact) mass is 373 g/mol. The first kappa shape index (κ1) is 19.0. The second-order valence-electron chi connectivity index (χ2n) is 7.27. The lowest BCUT2D eigenvalue weighted by molar-refractivity contribution is 0.0979. The maximum Gasteiger partial charge on any atom is 0.407 e. The predicted octanol–water partition coefficient (Wildman–Crippen LogP) is 3.32. The quantitative estimate of drug-likeness (QED) is 0.622. The van der Waals surface area contributed by atoms with Gasteiger partial charge in [-0.15, -0.1) is 0 Å². The van der Waals surface area contributed by atoms with Crippen LogP contribution >= 0.6 is 0 Å². The van der Waals surface area contributed by atoms with Crippen molar-refractivity contribution in [3.63, 3.8) is 0 Å². The molecule has 0 aromatic carbocycles. The van der Waals surface area contributed by atoms with Crippen LogP contribution < -0.4 is 10.6 Å². The van der Waals surface area contributed by atoms with Crippen LogP contribution in [0.4, 0.5) is 10.6 Å². The lowest BCUT2D eigenvalue weighted by Gasteiger charge is -2.14. The summed E-state index contributed by atoms with van der Waals surface area (Å²) in [5.74, 6) is 0.539. The molecule has 0 spiro atoms. The molecule has 2 aromatic rings. The van der Waals surface area contributed by atoms with E-state index in [1.807, 2.05) is 32.9 Å². The van der Waals surface area contributed by atoms with Gasteiger partial charge >= 0.3 is 6.09 Å². The number of nitrogens with one attached hydrogen (secondary N) is 4. The number of aromatic amines is 2. The van der Waals surface area contributed by atoms with E-state index in [-0.39, 0.29) is 30.1 Å². The summed E-state index contributed by atoms with van der Waals surface area (Å²) in [5.41, 5.74) is 2.55. The topological polar surface area (TPSA) is 112 Å². The highest BCUT2D eigenvalue weighted by atomic mass is 16.6. The standard InChI is InChI=1S/C19H27N5O3/c1-4-14-7-13(10-20-14)18(25)22-17-9-16(23-24-17)12-5-6-15(8-12)27-19(26)21-11(2)3/h7,9-12,15,20H,4-6,8H2,1-3H3,(H,21,26)(H2,22,23,24,25). The molecule has 1 aliphatic rings. The molecule has 146 valence electrons. The minimum atomic E-state index is -0.369. The molecule has 0 aliphatic heterocycles. The van der Waals surface area contributed by atoms with Gasteiger partial charge in [-0.3, -0.25) is 9.89 Å². The molecular formula is C19H27N5O3. The molecular weight excluding hydrogens is 346 g/mol. The summed E-state index contributed by atoms with van der Waals surface area (Å²) in [7, 11) is 0. The van der Waals surface area contributed by atoms with Crippen molar-refractivity contribution in [2.75, 3.05) is 5.32 Å². The molecule has 0 saturated heterocycles. The largest absolute Gasteiger partial charge is 0.446 e. The number of aryl methyl sites for hydroxylation is 1.